The summed E-state index contributed by atoms with van der Waals surface area (Å²) in [6, 6.07) is 7.43. The smallest absolute Gasteiger partial charge is 0.223 e. The lowest BCUT2D eigenvalue weighted by Gasteiger charge is -2.28. The molecule has 1 aromatic carbocycles. The second kappa shape index (κ2) is 7.64. The Kier molecular flexibility index (Phi) is 5.86. The highest BCUT2D eigenvalue weighted by atomic mass is 79.9. The Morgan fingerprint density at radius 1 is 1.40 bits per heavy atom. The summed E-state index contributed by atoms with van der Waals surface area (Å²) in [6.07, 6.45) is 3.64. The molecular formula is C15H20BrNO3. The monoisotopic (exact) mass is 341 g/mol. The van der Waals surface area contributed by atoms with Gasteiger partial charge in [0, 0.05) is 4.47 Å². The summed E-state index contributed by atoms with van der Waals surface area (Å²) in [5.74, 6) is 0.677. The molecule has 1 saturated carbocycles. The largest absolute Gasteiger partial charge is 0.493 e. The maximum atomic E-state index is 11.8. The maximum Gasteiger partial charge on any atom is 0.223 e. The van der Waals surface area contributed by atoms with Crippen LogP contribution >= 0.6 is 15.9 Å². The third-order valence-electron chi connectivity index (χ3n) is 3.47. The molecule has 1 fully saturated rings. The highest BCUT2D eigenvalue weighted by Gasteiger charge is 2.24. The number of carbonyl (C=O) groups excluding carboxylic acids is 1. The van der Waals surface area contributed by atoms with E-state index in [1.54, 1.807) is 0 Å². The summed E-state index contributed by atoms with van der Waals surface area (Å²) >= 11 is 3.37. The van der Waals surface area contributed by atoms with Crippen molar-refractivity contribution >= 4 is 21.8 Å². The molecule has 1 aromatic rings. The van der Waals surface area contributed by atoms with Crippen LogP contribution in [0.1, 0.15) is 32.1 Å². The molecule has 4 nitrogen and oxygen atoms in total. The van der Waals surface area contributed by atoms with Crippen LogP contribution in [0, 0.1) is 0 Å². The SMILES string of the molecule is O=C(CCOc1cccc(Br)c1)N[C@H]1CCCC[C@@H]1O. The Hall–Kier alpha value is -1.07. The molecule has 0 saturated heterocycles. The fraction of sp³-hybridized carbons (Fsp3) is 0.533. The number of amides is 1. The number of aliphatic hydroxyl groups excluding tert-OH is 1. The number of nitrogens with one attached hydrogen (secondary N) is 1. The van der Waals surface area contributed by atoms with Crippen molar-refractivity contribution in [1.29, 1.82) is 0 Å². The van der Waals surface area contributed by atoms with Gasteiger partial charge in [-0.1, -0.05) is 34.8 Å². The zero-order chi connectivity index (χ0) is 14.4. The van der Waals surface area contributed by atoms with E-state index in [0.717, 1.165) is 35.9 Å². The van der Waals surface area contributed by atoms with E-state index in [2.05, 4.69) is 21.2 Å². The number of hydrogen-bond donors (Lipinski definition) is 2. The summed E-state index contributed by atoms with van der Waals surface area (Å²) in [5.41, 5.74) is 0. The third kappa shape index (κ3) is 4.80. The first kappa shape index (κ1) is 15.3. The lowest BCUT2D eigenvalue weighted by molar-refractivity contribution is -0.123. The molecule has 110 valence electrons. The van der Waals surface area contributed by atoms with E-state index < -0.39 is 6.10 Å². The van der Waals surface area contributed by atoms with E-state index in [1.807, 2.05) is 24.3 Å². The molecule has 0 bridgehead atoms. The molecule has 0 spiro atoms. The molecule has 2 N–H and O–H groups in total. The van der Waals surface area contributed by atoms with Crippen LogP contribution in [0.15, 0.2) is 28.7 Å². The van der Waals surface area contributed by atoms with Crippen molar-refractivity contribution in [3.8, 4) is 5.75 Å². The van der Waals surface area contributed by atoms with E-state index >= 15 is 0 Å². The van der Waals surface area contributed by atoms with Crippen molar-refractivity contribution in [1.82, 2.24) is 5.32 Å². The number of hydrogen-bond acceptors (Lipinski definition) is 3. The van der Waals surface area contributed by atoms with Gasteiger partial charge in [0.1, 0.15) is 5.75 Å². The third-order valence-corrected chi connectivity index (χ3v) is 3.96. The van der Waals surface area contributed by atoms with Crippen molar-refractivity contribution in [3.63, 3.8) is 0 Å². The van der Waals surface area contributed by atoms with Crippen molar-refractivity contribution in [2.75, 3.05) is 6.61 Å². The number of halogens is 1. The second-order valence-electron chi connectivity index (χ2n) is 5.08. The molecule has 1 aliphatic rings. The molecule has 2 atom stereocenters. The predicted octanol–water partition coefficient (Wildman–Crippen LogP) is 2.64. The van der Waals surface area contributed by atoms with Gasteiger partial charge in [-0.2, -0.15) is 0 Å². The van der Waals surface area contributed by atoms with E-state index in [4.69, 9.17) is 4.74 Å². The van der Waals surface area contributed by atoms with Gasteiger partial charge in [-0.05, 0) is 31.0 Å². The standard InChI is InChI=1S/C15H20BrNO3/c16-11-4-3-5-12(10-11)20-9-8-15(19)17-13-6-1-2-7-14(13)18/h3-5,10,13-14,18H,1-2,6-9H2,(H,17,19)/t13-,14-/m0/s1. The first-order valence-corrected chi connectivity index (χ1v) is 7.80. The van der Waals surface area contributed by atoms with Crippen LogP contribution in [0.25, 0.3) is 0 Å². The van der Waals surface area contributed by atoms with Crippen molar-refractivity contribution < 1.29 is 14.6 Å². The van der Waals surface area contributed by atoms with Crippen LogP contribution in [0.2, 0.25) is 0 Å². The van der Waals surface area contributed by atoms with E-state index in [-0.39, 0.29) is 11.9 Å². The lowest BCUT2D eigenvalue weighted by Crippen LogP contribution is -2.45. The van der Waals surface area contributed by atoms with E-state index in [9.17, 15) is 9.90 Å². The van der Waals surface area contributed by atoms with Gasteiger partial charge in [0.05, 0.1) is 25.2 Å². The first-order valence-electron chi connectivity index (χ1n) is 7.01. The normalized spacial score (nSPS) is 22.3. The maximum absolute atomic E-state index is 11.8. The molecule has 20 heavy (non-hydrogen) atoms. The Labute approximate surface area is 127 Å². The van der Waals surface area contributed by atoms with Gasteiger partial charge in [0.15, 0.2) is 0 Å². The van der Waals surface area contributed by atoms with Gasteiger partial charge >= 0.3 is 0 Å². The summed E-state index contributed by atoms with van der Waals surface area (Å²) in [4.78, 5) is 11.8. The predicted molar refractivity (Wildman–Crippen MR) is 80.7 cm³/mol. The molecule has 0 aliphatic heterocycles. The van der Waals surface area contributed by atoms with E-state index in [1.165, 1.54) is 0 Å². The van der Waals surface area contributed by atoms with Crippen LogP contribution in [0.3, 0.4) is 0 Å². The van der Waals surface area contributed by atoms with Crippen molar-refractivity contribution in [3.05, 3.63) is 28.7 Å². The van der Waals surface area contributed by atoms with Crippen molar-refractivity contribution in [2.24, 2.45) is 0 Å². The summed E-state index contributed by atoms with van der Waals surface area (Å²) in [7, 11) is 0. The summed E-state index contributed by atoms with van der Waals surface area (Å²) < 4.78 is 6.47. The Bertz CT molecular complexity index is 452. The molecule has 1 amide bonds. The van der Waals surface area contributed by atoms with Crippen LogP contribution in [0.5, 0.6) is 5.75 Å². The highest BCUT2D eigenvalue weighted by molar-refractivity contribution is 9.10. The number of rotatable bonds is 5. The molecular weight excluding hydrogens is 322 g/mol. The molecule has 0 unspecified atom stereocenters. The average Bonchev–Trinajstić information content (AvgIpc) is 2.41. The van der Waals surface area contributed by atoms with Crippen LogP contribution in [-0.2, 0) is 4.79 Å². The molecule has 0 radical (unpaired) electrons. The minimum absolute atomic E-state index is 0.0639. The van der Waals surface area contributed by atoms with Crippen LogP contribution in [0.4, 0.5) is 0 Å². The molecule has 0 heterocycles. The van der Waals surface area contributed by atoms with Gasteiger partial charge in [-0.25, -0.2) is 0 Å². The number of carbonyl (C=O) groups is 1. The van der Waals surface area contributed by atoms with Gasteiger partial charge in [-0.3, -0.25) is 4.79 Å². The summed E-state index contributed by atoms with van der Waals surface area (Å²) in [6.45, 7) is 0.338. The van der Waals surface area contributed by atoms with Gasteiger partial charge < -0.3 is 15.2 Å². The van der Waals surface area contributed by atoms with Crippen molar-refractivity contribution in [2.45, 2.75) is 44.2 Å². The summed E-state index contributed by atoms with van der Waals surface area (Å²) in [5, 5.41) is 12.7. The lowest BCUT2D eigenvalue weighted by atomic mass is 9.92. The Morgan fingerprint density at radius 2 is 2.20 bits per heavy atom. The number of benzene rings is 1. The quantitative estimate of drug-likeness (QED) is 0.865. The average molecular weight is 342 g/mol. The topological polar surface area (TPSA) is 58.6 Å². The fourth-order valence-electron chi connectivity index (χ4n) is 2.38. The molecule has 2 rings (SSSR count). The second-order valence-corrected chi connectivity index (χ2v) is 6.00. The first-order chi connectivity index (χ1) is 9.65. The molecule has 0 aromatic heterocycles. The van der Waals surface area contributed by atoms with Gasteiger partial charge in [0.25, 0.3) is 0 Å². The Balaban J connectivity index is 1.70. The zero-order valence-corrected chi connectivity index (χ0v) is 12.9. The van der Waals surface area contributed by atoms with Gasteiger partial charge in [0.2, 0.25) is 5.91 Å². The molecule has 1 aliphatic carbocycles. The minimum atomic E-state index is -0.404. The number of aliphatic hydroxyl groups is 1. The zero-order valence-electron chi connectivity index (χ0n) is 11.3. The van der Waals surface area contributed by atoms with E-state index in [0.29, 0.717) is 13.0 Å². The minimum Gasteiger partial charge on any atom is -0.493 e. The Morgan fingerprint density at radius 3 is 2.95 bits per heavy atom. The molecule has 5 heteroatoms. The van der Waals surface area contributed by atoms with Gasteiger partial charge in [-0.15, -0.1) is 0 Å². The highest BCUT2D eigenvalue weighted by Crippen LogP contribution is 2.19. The van der Waals surface area contributed by atoms with Crippen LogP contribution < -0.4 is 10.1 Å². The fourth-order valence-corrected chi connectivity index (χ4v) is 2.76. The number of ether oxygens (including phenoxy) is 1. The van der Waals surface area contributed by atoms with Crippen LogP contribution in [-0.4, -0.2) is 29.8 Å².